The van der Waals surface area contributed by atoms with Crippen LogP contribution in [0.3, 0.4) is 0 Å². The van der Waals surface area contributed by atoms with Gasteiger partial charge in [0.15, 0.2) is 0 Å². The molecule has 0 bridgehead atoms. The lowest BCUT2D eigenvalue weighted by atomic mass is 10.0. The van der Waals surface area contributed by atoms with Gasteiger partial charge in [0.25, 0.3) is 11.5 Å². The number of nitrogens with zero attached hydrogens (tertiary/aromatic N) is 3. The van der Waals surface area contributed by atoms with E-state index in [1.807, 2.05) is 25.3 Å². The molecule has 1 fully saturated rings. The molecule has 1 saturated heterocycles. The molecule has 0 aromatic carbocycles. The lowest BCUT2D eigenvalue weighted by molar-refractivity contribution is 0.0747. The number of carbonyl (C=O) groups is 1. The summed E-state index contributed by atoms with van der Waals surface area (Å²) in [5.41, 5.74) is 3.06. The van der Waals surface area contributed by atoms with Crippen molar-refractivity contribution < 1.29 is 4.79 Å². The van der Waals surface area contributed by atoms with Crippen molar-refractivity contribution in [2.24, 2.45) is 0 Å². The number of piperidine rings is 1. The fourth-order valence-corrected chi connectivity index (χ4v) is 3.79. The summed E-state index contributed by atoms with van der Waals surface area (Å²) in [4.78, 5) is 32.0. The summed E-state index contributed by atoms with van der Waals surface area (Å²) < 4.78 is 1.76. The summed E-state index contributed by atoms with van der Waals surface area (Å²) >= 11 is 0. The van der Waals surface area contributed by atoms with E-state index >= 15 is 0 Å². The number of amides is 1. The topological polar surface area (TPSA) is 67.2 Å². The average molecular weight is 411 g/mol. The number of aromatic nitrogens is 2. The van der Waals surface area contributed by atoms with Crippen LogP contribution in [0.5, 0.6) is 0 Å². The summed E-state index contributed by atoms with van der Waals surface area (Å²) in [7, 11) is 0. The van der Waals surface area contributed by atoms with Gasteiger partial charge in [-0.25, -0.2) is 0 Å². The van der Waals surface area contributed by atoms with E-state index in [1.165, 1.54) is 0 Å². The smallest absolute Gasteiger partial charge is 0.263 e. The highest BCUT2D eigenvalue weighted by molar-refractivity contribution is 5.95. The van der Waals surface area contributed by atoms with E-state index in [0.29, 0.717) is 18.7 Å². The first-order valence-corrected chi connectivity index (χ1v) is 8.78. The molecule has 0 atom stereocenters. The number of carbonyl (C=O) groups excluding carboxylic acids is 1. The Morgan fingerprint density at radius 1 is 1.15 bits per heavy atom. The van der Waals surface area contributed by atoms with Crippen LogP contribution in [0.25, 0.3) is 0 Å². The zero-order valence-electron chi connectivity index (χ0n) is 15.2. The summed E-state index contributed by atoms with van der Waals surface area (Å²) in [6, 6.07) is 4.00. The first kappa shape index (κ1) is 21.4. The molecule has 0 aliphatic carbocycles. The third-order valence-corrected chi connectivity index (χ3v) is 5.26. The number of rotatable bonds is 2. The third-order valence-electron chi connectivity index (χ3n) is 5.26. The minimum atomic E-state index is -0.179. The first-order valence-electron chi connectivity index (χ1n) is 8.78. The fourth-order valence-electron chi connectivity index (χ4n) is 3.79. The van der Waals surface area contributed by atoms with Gasteiger partial charge in [-0.2, -0.15) is 0 Å². The van der Waals surface area contributed by atoms with E-state index < -0.39 is 0 Å². The molecule has 6 nitrogen and oxygen atoms in total. The van der Waals surface area contributed by atoms with Crippen LogP contribution >= 0.6 is 24.8 Å². The Labute approximate surface area is 170 Å². The number of aryl methyl sites for hydroxylation is 1. The maximum Gasteiger partial charge on any atom is 0.263 e. The Kier molecular flexibility index (Phi) is 7.03. The van der Waals surface area contributed by atoms with Gasteiger partial charge >= 0.3 is 0 Å². The normalized spacial score (nSPS) is 16.3. The molecule has 146 valence electrons. The van der Waals surface area contributed by atoms with E-state index in [0.717, 1.165) is 42.6 Å². The minimum absolute atomic E-state index is 0. The standard InChI is InChI=1S/C19H22N4O2.2ClH/c1-13-5-9-23(16-3-7-20-8-4-16)19(25)17(13)18(24)22-11-14-2-6-21-10-15(14)12-22;;/h2,5-6,9-10,16,20H,3-4,7-8,11-12H2,1H3;2*1H. The summed E-state index contributed by atoms with van der Waals surface area (Å²) in [5, 5.41) is 3.31. The molecule has 0 unspecified atom stereocenters. The van der Waals surface area contributed by atoms with Crippen molar-refractivity contribution in [3.8, 4) is 0 Å². The van der Waals surface area contributed by atoms with E-state index in [9.17, 15) is 9.59 Å². The number of fused-ring (bicyclic) bond motifs is 1. The lowest BCUT2D eigenvalue weighted by Gasteiger charge is -2.26. The van der Waals surface area contributed by atoms with Crippen molar-refractivity contribution in [1.29, 1.82) is 0 Å². The molecule has 1 N–H and O–H groups in total. The zero-order chi connectivity index (χ0) is 17.4. The Morgan fingerprint density at radius 2 is 1.85 bits per heavy atom. The molecule has 4 rings (SSSR count). The molecular weight excluding hydrogens is 387 g/mol. The van der Waals surface area contributed by atoms with Crippen LogP contribution in [0.1, 0.15) is 45.9 Å². The van der Waals surface area contributed by atoms with Crippen LogP contribution in [0.2, 0.25) is 0 Å². The Morgan fingerprint density at radius 3 is 2.56 bits per heavy atom. The van der Waals surface area contributed by atoms with Crippen molar-refractivity contribution >= 4 is 30.7 Å². The highest BCUT2D eigenvalue weighted by Crippen LogP contribution is 2.24. The molecule has 2 aliphatic rings. The largest absolute Gasteiger partial charge is 0.330 e. The number of pyridine rings is 2. The van der Waals surface area contributed by atoms with Crippen molar-refractivity contribution in [3.63, 3.8) is 0 Å². The number of hydrogen-bond donors (Lipinski definition) is 1. The van der Waals surface area contributed by atoms with E-state index in [2.05, 4.69) is 10.3 Å². The highest BCUT2D eigenvalue weighted by atomic mass is 35.5. The van der Waals surface area contributed by atoms with Gasteiger partial charge in [0.2, 0.25) is 0 Å². The quantitative estimate of drug-likeness (QED) is 0.825. The van der Waals surface area contributed by atoms with Crippen molar-refractivity contribution in [2.75, 3.05) is 13.1 Å². The van der Waals surface area contributed by atoms with Gasteiger partial charge in [0.05, 0.1) is 0 Å². The molecule has 27 heavy (non-hydrogen) atoms. The van der Waals surface area contributed by atoms with E-state index in [-0.39, 0.29) is 42.3 Å². The maximum absolute atomic E-state index is 13.1. The van der Waals surface area contributed by atoms with Crippen LogP contribution < -0.4 is 10.9 Å². The molecule has 1 amide bonds. The molecule has 2 aromatic rings. The van der Waals surface area contributed by atoms with Crippen LogP contribution in [0.4, 0.5) is 0 Å². The Balaban J connectivity index is 0.00000131. The van der Waals surface area contributed by atoms with Crippen LogP contribution in [-0.2, 0) is 13.1 Å². The number of hydrogen-bond acceptors (Lipinski definition) is 4. The molecule has 2 aromatic heterocycles. The van der Waals surface area contributed by atoms with E-state index in [4.69, 9.17) is 0 Å². The maximum atomic E-state index is 13.1. The van der Waals surface area contributed by atoms with Gasteiger partial charge in [0, 0.05) is 37.7 Å². The SMILES string of the molecule is Cc1ccn(C2CCNCC2)c(=O)c1C(=O)N1Cc2ccncc2C1.Cl.Cl. The molecule has 0 radical (unpaired) electrons. The zero-order valence-corrected chi connectivity index (χ0v) is 16.8. The Hall–Kier alpha value is -1.89. The average Bonchev–Trinajstić information content (AvgIpc) is 3.07. The summed E-state index contributed by atoms with van der Waals surface area (Å²) in [6.07, 6.45) is 7.21. The van der Waals surface area contributed by atoms with Crippen molar-refractivity contribution in [2.45, 2.75) is 38.9 Å². The van der Waals surface area contributed by atoms with Crippen molar-refractivity contribution in [1.82, 2.24) is 19.8 Å². The van der Waals surface area contributed by atoms with Gasteiger partial charge in [-0.1, -0.05) is 0 Å². The fraction of sp³-hybridized carbons (Fsp3) is 0.421. The third kappa shape index (κ3) is 4.03. The van der Waals surface area contributed by atoms with Crippen LogP contribution in [-0.4, -0.2) is 33.4 Å². The molecule has 8 heteroatoms. The second-order valence-electron chi connectivity index (χ2n) is 6.87. The van der Waals surface area contributed by atoms with Crippen LogP contribution in [0.15, 0.2) is 35.5 Å². The first-order chi connectivity index (χ1) is 12.1. The van der Waals surface area contributed by atoms with Gasteiger partial charge in [-0.3, -0.25) is 14.6 Å². The molecule has 4 heterocycles. The highest BCUT2D eigenvalue weighted by Gasteiger charge is 2.28. The predicted molar refractivity (Wildman–Crippen MR) is 109 cm³/mol. The summed E-state index contributed by atoms with van der Waals surface area (Å²) in [5.74, 6) is -0.179. The van der Waals surface area contributed by atoms with Crippen molar-refractivity contribution in [3.05, 3.63) is 63.3 Å². The van der Waals surface area contributed by atoms with Gasteiger partial charge < -0.3 is 14.8 Å². The van der Waals surface area contributed by atoms with E-state index in [1.54, 1.807) is 21.9 Å². The monoisotopic (exact) mass is 410 g/mol. The lowest BCUT2D eigenvalue weighted by Crippen LogP contribution is -2.38. The molecule has 2 aliphatic heterocycles. The second-order valence-corrected chi connectivity index (χ2v) is 6.87. The molecule has 0 spiro atoms. The molecule has 0 saturated carbocycles. The van der Waals surface area contributed by atoms with Gasteiger partial charge in [0.1, 0.15) is 5.56 Å². The predicted octanol–water partition coefficient (Wildman–Crippen LogP) is 2.48. The summed E-state index contributed by atoms with van der Waals surface area (Å²) in [6.45, 7) is 4.71. The minimum Gasteiger partial charge on any atom is -0.330 e. The van der Waals surface area contributed by atoms with Gasteiger partial charge in [-0.15, -0.1) is 24.8 Å². The van der Waals surface area contributed by atoms with Crippen LogP contribution in [0, 0.1) is 6.92 Å². The Bertz CT molecular complexity index is 853. The second kappa shape index (κ2) is 8.87. The number of halogens is 2. The number of nitrogens with one attached hydrogen (secondary N) is 1. The molecular formula is C19H24Cl2N4O2. The van der Waals surface area contributed by atoms with Gasteiger partial charge in [-0.05, 0) is 61.7 Å².